The summed E-state index contributed by atoms with van der Waals surface area (Å²) >= 11 is 1.65. The first-order valence-corrected chi connectivity index (χ1v) is 7.39. The summed E-state index contributed by atoms with van der Waals surface area (Å²) in [6, 6.07) is 5.35. The van der Waals surface area contributed by atoms with Crippen molar-refractivity contribution in [2.75, 3.05) is 12.3 Å². The van der Waals surface area contributed by atoms with E-state index in [0.717, 1.165) is 35.7 Å². The summed E-state index contributed by atoms with van der Waals surface area (Å²) in [5.74, 6) is 0.926. The van der Waals surface area contributed by atoms with Gasteiger partial charge in [0.15, 0.2) is 0 Å². The van der Waals surface area contributed by atoms with Gasteiger partial charge in [-0.05, 0) is 30.3 Å². The van der Waals surface area contributed by atoms with Gasteiger partial charge in [-0.15, -0.1) is 11.8 Å². The van der Waals surface area contributed by atoms with Gasteiger partial charge >= 0.3 is 0 Å². The van der Waals surface area contributed by atoms with Crippen LogP contribution in [0.1, 0.15) is 38.7 Å². The molecule has 0 spiro atoms. The predicted molar refractivity (Wildman–Crippen MR) is 74.0 cm³/mol. The molecule has 3 heteroatoms. The molecule has 17 heavy (non-hydrogen) atoms. The highest BCUT2D eigenvalue weighted by atomic mass is 32.2. The van der Waals surface area contributed by atoms with E-state index in [1.807, 2.05) is 6.07 Å². The zero-order valence-corrected chi connectivity index (χ0v) is 11.6. The first kappa shape index (κ1) is 14.5. The second kappa shape index (κ2) is 8.54. The Balaban J connectivity index is 2.60. The van der Waals surface area contributed by atoms with Crippen molar-refractivity contribution in [3.05, 3.63) is 29.6 Å². The molecule has 0 aliphatic heterocycles. The summed E-state index contributed by atoms with van der Waals surface area (Å²) < 4.78 is 13.7. The average Bonchev–Trinajstić information content (AvgIpc) is 2.34. The van der Waals surface area contributed by atoms with E-state index in [-0.39, 0.29) is 5.82 Å². The fourth-order valence-corrected chi connectivity index (χ4v) is 2.72. The van der Waals surface area contributed by atoms with Crippen molar-refractivity contribution in [1.82, 2.24) is 5.32 Å². The van der Waals surface area contributed by atoms with Crippen molar-refractivity contribution in [2.45, 2.75) is 44.6 Å². The van der Waals surface area contributed by atoms with Crippen molar-refractivity contribution in [1.29, 1.82) is 0 Å². The molecule has 1 N–H and O–H groups in total. The second-order valence-electron chi connectivity index (χ2n) is 4.06. The Morgan fingerprint density at radius 1 is 1.24 bits per heavy atom. The van der Waals surface area contributed by atoms with Crippen LogP contribution >= 0.6 is 11.8 Å². The monoisotopic (exact) mass is 255 g/mol. The highest BCUT2D eigenvalue weighted by Crippen LogP contribution is 2.27. The van der Waals surface area contributed by atoms with Gasteiger partial charge < -0.3 is 5.32 Å². The summed E-state index contributed by atoms with van der Waals surface area (Å²) in [6.07, 6.45) is 3.60. The number of thioether (sulfide) groups is 1. The molecule has 0 aromatic heterocycles. The Bertz CT molecular complexity index is 328. The summed E-state index contributed by atoms with van der Waals surface area (Å²) in [5, 5.41) is 3.25. The molecule has 1 rings (SSSR count). The molecule has 0 saturated carbocycles. The first-order chi connectivity index (χ1) is 8.29. The van der Waals surface area contributed by atoms with E-state index < -0.39 is 0 Å². The van der Waals surface area contributed by atoms with Crippen LogP contribution < -0.4 is 5.32 Å². The molecule has 0 amide bonds. The Morgan fingerprint density at radius 3 is 2.76 bits per heavy atom. The second-order valence-corrected chi connectivity index (χ2v) is 5.17. The van der Waals surface area contributed by atoms with Gasteiger partial charge in [0.2, 0.25) is 0 Å². The zero-order valence-electron chi connectivity index (χ0n) is 10.8. The van der Waals surface area contributed by atoms with Crippen molar-refractivity contribution < 1.29 is 4.39 Å². The van der Waals surface area contributed by atoms with Gasteiger partial charge in [-0.25, -0.2) is 4.39 Å². The van der Waals surface area contributed by atoms with Crippen LogP contribution in [0.25, 0.3) is 0 Å². The lowest BCUT2D eigenvalue weighted by Crippen LogP contribution is -2.12. The summed E-state index contributed by atoms with van der Waals surface area (Å²) in [4.78, 5) is 0.824. The van der Waals surface area contributed by atoms with E-state index in [0.29, 0.717) is 0 Å². The van der Waals surface area contributed by atoms with Gasteiger partial charge in [0.05, 0.1) is 0 Å². The van der Waals surface area contributed by atoms with E-state index in [1.54, 1.807) is 23.9 Å². The van der Waals surface area contributed by atoms with E-state index >= 15 is 0 Å². The quantitative estimate of drug-likeness (QED) is 0.551. The van der Waals surface area contributed by atoms with Crippen LogP contribution in [0.3, 0.4) is 0 Å². The van der Waals surface area contributed by atoms with Crippen LogP contribution in [0.4, 0.5) is 4.39 Å². The molecule has 1 nitrogen and oxygen atoms in total. The van der Waals surface area contributed by atoms with Crippen LogP contribution in [0.5, 0.6) is 0 Å². The lowest BCUT2D eigenvalue weighted by molar-refractivity contribution is 0.591. The van der Waals surface area contributed by atoms with Gasteiger partial charge in [-0.1, -0.05) is 38.8 Å². The van der Waals surface area contributed by atoms with Crippen LogP contribution in [-0.2, 0) is 6.54 Å². The van der Waals surface area contributed by atoms with Crippen LogP contribution in [0.2, 0.25) is 0 Å². The molecule has 0 unspecified atom stereocenters. The maximum absolute atomic E-state index is 13.7. The number of unbranched alkanes of at least 4 members (excludes halogenated alkanes) is 2. The molecule has 0 radical (unpaired) electrons. The molecule has 0 aliphatic carbocycles. The lowest BCUT2D eigenvalue weighted by Gasteiger charge is -2.10. The molecule has 0 aliphatic rings. The van der Waals surface area contributed by atoms with E-state index in [2.05, 4.69) is 19.2 Å². The van der Waals surface area contributed by atoms with Crippen molar-refractivity contribution >= 4 is 11.8 Å². The van der Waals surface area contributed by atoms with Crippen LogP contribution in [0.15, 0.2) is 23.1 Å². The molecule has 0 bridgehead atoms. The minimum absolute atomic E-state index is 0.0816. The van der Waals surface area contributed by atoms with Gasteiger partial charge in [-0.2, -0.15) is 0 Å². The van der Waals surface area contributed by atoms with Gasteiger partial charge in [0.1, 0.15) is 5.82 Å². The minimum Gasteiger partial charge on any atom is -0.313 e. The molecular formula is C14H22FNS. The number of halogens is 1. The molecule has 0 saturated heterocycles. The first-order valence-electron chi connectivity index (χ1n) is 6.40. The van der Waals surface area contributed by atoms with Crippen LogP contribution in [-0.4, -0.2) is 12.3 Å². The third kappa shape index (κ3) is 5.09. The van der Waals surface area contributed by atoms with Crippen molar-refractivity contribution in [3.63, 3.8) is 0 Å². The lowest BCUT2D eigenvalue weighted by atomic mass is 10.2. The molecule has 1 aromatic rings. The normalized spacial score (nSPS) is 10.8. The summed E-state index contributed by atoms with van der Waals surface area (Å²) in [6.45, 7) is 5.92. The molecule has 96 valence electrons. The number of benzene rings is 1. The number of nitrogens with one attached hydrogen (secondary N) is 1. The van der Waals surface area contributed by atoms with Crippen molar-refractivity contribution in [3.8, 4) is 0 Å². The van der Waals surface area contributed by atoms with E-state index in [9.17, 15) is 4.39 Å². The SMILES string of the molecule is CCCCCSc1c(F)cccc1CNCC. The summed E-state index contributed by atoms with van der Waals surface area (Å²) in [5.41, 5.74) is 1.08. The fraction of sp³-hybridized carbons (Fsp3) is 0.571. The Hall–Kier alpha value is -0.540. The summed E-state index contributed by atoms with van der Waals surface area (Å²) in [7, 11) is 0. The van der Waals surface area contributed by atoms with Crippen molar-refractivity contribution in [2.24, 2.45) is 0 Å². The highest BCUT2D eigenvalue weighted by Gasteiger charge is 2.08. The van der Waals surface area contributed by atoms with Gasteiger partial charge in [0, 0.05) is 11.4 Å². The smallest absolute Gasteiger partial charge is 0.137 e. The molecular weight excluding hydrogens is 233 g/mol. The topological polar surface area (TPSA) is 12.0 Å². The van der Waals surface area contributed by atoms with Crippen LogP contribution in [0, 0.1) is 5.82 Å². The number of hydrogen-bond acceptors (Lipinski definition) is 2. The fourth-order valence-electron chi connectivity index (χ4n) is 1.64. The third-order valence-corrected chi connectivity index (χ3v) is 3.85. The molecule has 0 heterocycles. The third-order valence-electron chi connectivity index (χ3n) is 2.61. The molecule has 0 fully saturated rings. The number of hydrogen-bond donors (Lipinski definition) is 1. The van der Waals surface area contributed by atoms with E-state index in [1.165, 1.54) is 12.8 Å². The van der Waals surface area contributed by atoms with E-state index in [4.69, 9.17) is 0 Å². The highest BCUT2D eigenvalue weighted by molar-refractivity contribution is 7.99. The standard InChI is InChI=1S/C14H22FNS/c1-3-5-6-10-17-14-12(11-16-4-2)8-7-9-13(14)15/h7-9,16H,3-6,10-11H2,1-2H3. The average molecular weight is 255 g/mol. The van der Waals surface area contributed by atoms with Gasteiger partial charge in [-0.3, -0.25) is 0 Å². The molecule has 0 atom stereocenters. The molecule has 1 aromatic carbocycles. The van der Waals surface area contributed by atoms with Gasteiger partial charge in [0.25, 0.3) is 0 Å². The Labute approximate surface area is 108 Å². The largest absolute Gasteiger partial charge is 0.313 e. The maximum atomic E-state index is 13.7. The zero-order chi connectivity index (χ0) is 12.5. The minimum atomic E-state index is -0.0816. The Kier molecular flexibility index (Phi) is 7.29. The number of rotatable bonds is 8. The predicted octanol–water partition coefficient (Wildman–Crippen LogP) is 4.22. The Morgan fingerprint density at radius 2 is 2.06 bits per heavy atom. The maximum Gasteiger partial charge on any atom is 0.137 e.